The number of hydrogen-bond acceptors (Lipinski definition) is 3. The van der Waals surface area contributed by atoms with Gasteiger partial charge in [0.25, 0.3) is 11.5 Å². The van der Waals surface area contributed by atoms with Crippen molar-refractivity contribution in [2.24, 2.45) is 0 Å². The molecule has 1 N–H and O–H groups in total. The van der Waals surface area contributed by atoms with Crippen LogP contribution in [0.1, 0.15) is 10.4 Å². The highest BCUT2D eigenvalue weighted by Crippen LogP contribution is 2.21. The van der Waals surface area contributed by atoms with Crippen LogP contribution in [-0.4, -0.2) is 15.6 Å². The molecule has 0 aliphatic carbocycles. The third kappa shape index (κ3) is 3.38. The molecule has 0 bridgehead atoms. The first-order valence-corrected chi connectivity index (χ1v) is 9.14. The molecule has 4 rings (SSSR count). The molecule has 0 aliphatic heterocycles. The molecule has 0 saturated carbocycles. The van der Waals surface area contributed by atoms with Gasteiger partial charge in [0.1, 0.15) is 0 Å². The summed E-state index contributed by atoms with van der Waals surface area (Å²) in [6, 6.07) is 20.4. The summed E-state index contributed by atoms with van der Waals surface area (Å²) in [5.41, 5.74) is 3.65. The van der Waals surface area contributed by atoms with Crippen molar-refractivity contribution < 1.29 is 4.79 Å². The van der Waals surface area contributed by atoms with Gasteiger partial charge < -0.3 is 0 Å². The molecule has 7 heteroatoms. The van der Waals surface area contributed by atoms with E-state index in [0.717, 1.165) is 4.68 Å². The maximum Gasteiger partial charge on any atom is 0.280 e. The molecular formula is C21H13Cl2N3O2. The quantitative estimate of drug-likeness (QED) is 0.530. The fourth-order valence-electron chi connectivity index (χ4n) is 2.84. The third-order valence-corrected chi connectivity index (χ3v) is 4.79. The Balaban J connectivity index is 1.90. The Morgan fingerprint density at radius 3 is 2.32 bits per heavy atom. The van der Waals surface area contributed by atoms with E-state index in [1.165, 1.54) is 0 Å². The van der Waals surface area contributed by atoms with Crippen molar-refractivity contribution in [3.05, 3.63) is 98.8 Å². The number of carbonyl (C=O) groups is 1. The van der Waals surface area contributed by atoms with Crippen LogP contribution < -0.4 is 11.0 Å². The van der Waals surface area contributed by atoms with E-state index in [-0.39, 0.29) is 10.6 Å². The molecule has 4 aromatic rings. The third-order valence-electron chi connectivity index (χ3n) is 4.21. The van der Waals surface area contributed by atoms with E-state index in [1.54, 1.807) is 72.8 Å². The van der Waals surface area contributed by atoms with Gasteiger partial charge in [0.2, 0.25) is 0 Å². The average Bonchev–Trinajstić information content (AvgIpc) is 2.71. The number of amides is 1. The van der Waals surface area contributed by atoms with Gasteiger partial charge in [-0.05, 0) is 48.5 Å². The number of halogens is 2. The summed E-state index contributed by atoms with van der Waals surface area (Å²) in [5.74, 6) is -0.222. The Hall–Kier alpha value is -3.15. The molecule has 0 aliphatic rings. The number of hydrogen-bond donors (Lipinski definition) is 1. The maximum atomic E-state index is 13.1. The minimum atomic E-state index is -0.514. The molecule has 0 fully saturated rings. The Morgan fingerprint density at radius 2 is 1.57 bits per heavy atom. The lowest BCUT2D eigenvalue weighted by molar-refractivity contribution is 0.101. The molecule has 0 spiro atoms. The first-order chi connectivity index (χ1) is 13.5. The SMILES string of the molecule is O=C(Nn1c(-c2ccc(Cl)cc2)nc2ccccc2c1=O)c1ccccc1Cl. The maximum absolute atomic E-state index is 13.1. The summed E-state index contributed by atoms with van der Waals surface area (Å²) in [7, 11) is 0. The number of benzene rings is 3. The monoisotopic (exact) mass is 409 g/mol. The van der Waals surface area contributed by atoms with E-state index in [2.05, 4.69) is 10.4 Å². The second kappa shape index (κ2) is 7.46. The van der Waals surface area contributed by atoms with Gasteiger partial charge in [0.15, 0.2) is 5.82 Å². The second-order valence-electron chi connectivity index (χ2n) is 6.02. The number of carbonyl (C=O) groups excluding carboxylic acids is 1. The summed E-state index contributed by atoms with van der Waals surface area (Å²) in [5, 5.41) is 1.23. The molecule has 5 nitrogen and oxygen atoms in total. The van der Waals surface area contributed by atoms with Crippen molar-refractivity contribution >= 4 is 40.0 Å². The van der Waals surface area contributed by atoms with E-state index in [9.17, 15) is 9.59 Å². The molecular weight excluding hydrogens is 397 g/mol. The molecule has 3 aromatic carbocycles. The van der Waals surface area contributed by atoms with E-state index >= 15 is 0 Å². The summed E-state index contributed by atoms with van der Waals surface area (Å²) in [6.07, 6.45) is 0. The highest BCUT2D eigenvalue weighted by Gasteiger charge is 2.17. The van der Waals surface area contributed by atoms with Crippen LogP contribution in [0.3, 0.4) is 0 Å². The fraction of sp³-hybridized carbons (Fsp3) is 0. The lowest BCUT2D eigenvalue weighted by Gasteiger charge is -2.15. The zero-order valence-corrected chi connectivity index (χ0v) is 15.9. The van der Waals surface area contributed by atoms with E-state index in [4.69, 9.17) is 23.2 Å². The van der Waals surface area contributed by atoms with Gasteiger partial charge >= 0.3 is 0 Å². The van der Waals surface area contributed by atoms with Crippen LogP contribution in [0, 0.1) is 0 Å². The van der Waals surface area contributed by atoms with Crippen LogP contribution in [-0.2, 0) is 0 Å². The second-order valence-corrected chi connectivity index (χ2v) is 6.86. The van der Waals surface area contributed by atoms with Gasteiger partial charge in [-0.2, -0.15) is 4.68 Å². The van der Waals surface area contributed by atoms with Gasteiger partial charge in [-0.3, -0.25) is 15.0 Å². The number of aromatic nitrogens is 2. The molecule has 1 aromatic heterocycles. The first-order valence-electron chi connectivity index (χ1n) is 8.38. The van der Waals surface area contributed by atoms with Gasteiger partial charge in [-0.15, -0.1) is 0 Å². The van der Waals surface area contributed by atoms with Gasteiger partial charge in [-0.25, -0.2) is 4.98 Å². The fourth-order valence-corrected chi connectivity index (χ4v) is 3.18. The Morgan fingerprint density at radius 1 is 0.893 bits per heavy atom. The van der Waals surface area contributed by atoms with Crippen molar-refractivity contribution in [1.29, 1.82) is 0 Å². The van der Waals surface area contributed by atoms with Gasteiger partial charge in [0.05, 0.1) is 21.5 Å². The van der Waals surface area contributed by atoms with Crippen LogP contribution in [0.15, 0.2) is 77.6 Å². The van der Waals surface area contributed by atoms with Gasteiger partial charge in [0, 0.05) is 10.6 Å². The van der Waals surface area contributed by atoms with Crippen LogP contribution in [0.25, 0.3) is 22.3 Å². The van der Waals surface area contributed by atoms with Crippen molar-refractivity contribution in [1.82, 2.24) is 9.66 Å². The smallest absolute Gasteiger partial charge is 0.267 e. The predicted molar refractivity (Wildman–Crippen MR) is 112 cm³/mol. The minimum Gasteiger partial charge on any atom is -0.267 e. The predicted octanol–water partition coefficient (Wildman–Crippen LogP) is 4.75. The number of para-hydroxylation sites is 1. The topological polar surface area (TPSA) is 64.0 Å². The minimum absolute atomic E-state index is 0.256. The zero-order chi connectivity index (χ0) is 19.7. The van der Waals surface area contributed by atoms with Crippen LogP contribution >= 0.6 is 23.2 Å². The Kier molecular flexibility index (Phi) is 4.86. The van der Waals surface area contributed by atoms with Gasteiger partial charge in [-0.1, -0.05) is 47.5 Å². The van der Waals surface area contributed by atoms with Crippen LogP contribution in [0.4, 0.5) is 0 Å². The van der Waals surface area contributed by atoms with Crippen molar-refractivity contribution in [2.75, 3.05) is 5.43 Å². The lowest BCUT2D eigenvalue weighted by Crippen LogP contribution is -2.35. The van der Waals surface area contributed by atoms with E-state index < -0.39 is 11.5 Å². The highest BCUT2D eigenvalue weighted by atomic mass is 35.5. The molecule has 0 radical (unpaired) electrons. The highest BCUT2D eigenvalue weighted by molar-refractivity contribution is 6.34. The molecule has 1 amide bonds. The largest absolute Gasteiger partial charge is 0.280 e. The Bertz CT molecular complexity index is 1250. The van der Waals surface area contributed by atoms with Crippen molar-refractivity contribution in [2.45, 2.75) is 0 Å². The summed E-state index contributed by atoms with van der Waals surface area (Å²) in [4.78, 5) is 30.4. The van der Waals surface area contributed by atoms with E-state index in [0.29, 0.717) is 27.3 Å². The number of rotatable bonds is 3. The molecule has 0 unspecified atom stereocenters. The van der Waals surface area contributed by atoms with E-state index in [1.807, 2.05) is 0 Å². The first kappa shape index (κ1) is 18.2. The summed E-state index contributed by atoms with van der Waals surface area (Å²) in [6.45, 7) is 0. The molecule has 0 atom stereocenters. The average molecular weight is 410 g/mol. The van der Waals surface area contributed by atoms with Crippen LogP contribution in [0.5, 0.6) is 0 Å². The van der Waals surface area contributed by atoms with Crippen molar-refractivity contribution in [3.8, 4) is 11.4 Å². The molecule has 1 heterocycles. The zero-order valence-electron chi connectivity index (χ0n) is 14.4. The van der Waals surface area contributed by atoms with Crippen molar-refractivity contribution in [3.63, 3.8) is 0 Å². The standard InChI is InChI=1S/C21H13Cl2N3O2/c22-14-11-9-13(10-12-14)19-24-18-8-4-2-6-16(18)21(28)26(19)25-20(27)15-5-1-3-7-17(15)23/h1-12H,(H,25,27). The number of nitrogens with zero attached hydrogens (tertiary/aromatic N) is 2. The Labute approximate surface area is 170 Å². The molecule has 0 saturated heterocycles. The normalized spacial score (nSPS) is 10.8. The molecule has 138 valence electrons. The number of fused-ring (bicyclic) bond motifs is 1. The molecule has 28 heavy (non-hydrogen) atoms. The number of nitrogens with one attached hydrogen (secondary N) is 1. The lowest BCUT2D eigenvalue weighted by atomic mass is 10.2. The van der Waals surface area contributed by atoms with Crippen LogP contribution in [0.2, 0.25) is 10.0 Å². The summed E-state index contributed by atoms with van der Waals surface area (Å²) < 4.78 is 1.14. The summed E-state index contributed by atoms with van der Waals surface area (Å²) >= 11 is 12.1.